The van der Waals surface area contributed by atoms with E-state index in [0.29, 0.717) is 41.7 Å². The zero-order valence-corrected chi connectivity index (χ0v) is 23.7. The molecule has 0 aliphatic carbocycles. The number of ether oxygens (including phenoxy) is 1. The van der Waals surface area contributed by atoms with Gasteiger partial charge in [0.1, 0.15) is 5.65 Å². The minimum absolute atomic E-state index is 0.117. The first kappa shape index (κ1) is 30.2. The minimum Gasteiger partial charge on any atom is -0.396 e. The van der Waals surface area contributed by atoms with Gasteiger partial charge in [0.05, 0.1) is 30.8 Å². The van der Waals surface area contributed by atoms with Gasteiger partial charge in [-0.25, -0.2) is 9.97 Å². The van der Waals surface area contributed by atoms with E-state index in [0.717, 1.165) is 29.9 Å². The molecule has 1 aromatic carbocycles. The molecule has 0 atom stereocenters. The van der Waals surface area contributed by atoms with Crippen LogP contribution in [0.3, 0.4) is 0 Å². The summed E-state index contributed by atoms with van der Waals surface area (Å²) in [4.78, 5) is 28.5. The number of rotatable bonds is 4. The summed E-state index contributed by atoms with van der Waals surface area (Å²) in [6.07, 6.45) is 3.40. The smallest absolute Gasteiger partial charge is 0.259 e. The third-order valence-corrected chi connectivity index (χ3v) is 5.50. The lowest BCUT2D eigenvalue weighted by Crippen LogP contribution is -2.37. The number of aromatic nitrogens is 4. The van der Waals surface area contributed by atoms with E-state index in [1.54, 1.807) is 24.0 Å². The molecule has 0 saturated carbocycles. The Kier molecular flexibility index (Phi) is 12.2. The Bertz CT molecular complexity index is 1330. The van der Waals surface area contributed by atoms with Gasteiger partial charge in [-0.1, -0.05) is 71.9 Å². The zero-order valence-electron chi connectivity index (χ0n) is 23.7. The van der Waals surface area contributed by atoms with Gasteiger partial charge in [-0.15, -0.1) is 0 Å². The second kappa shape index (κ2) is 15.3. The summed E-state index contributed by atoms with van der Waals surface area (Å²) < 4.78 is 6.93. The monoisotopic (exact) mass is 519 g/mol. The number of nitrogen functional groups attached to an aromatic ring is 1. The van der Waals surface area contributed by atoms with Gasteiger partial charge in [-0.05, 0) is 17.7 Å². The van der Waals surface area contributed by atoms with E-state index in [1.807, 2.05) is 84.0 Å². The van der Waals surface area contributed by atoms with Gasteiger partial charge in [0.25, 0.3) is 5.56 Å². The predicted molar refractivity (Wildman–Crippen MR) is 159 cm³/mol. The fourth-order valence-corrected chi connectivity index (χ4v) is 3.84. The number of fused-ring (bicyclic) bond motifs is 1. The number of nitrogens with zero attached hydrogens (tertiary/aromatic N) is 5. The van der Waals surface area contributed by atoms with E-state index in [-0.39, 0.29) is 5.56 Å². The Hall–Kier alpha value is -3.98. The summed E-state index contributed by atoms with van der Waals surface area (Å²) in [5.41, 5.74) is 9.37. The first-order valence-corrected chi connectivity index (χ1v) is 13.4. The minimum atomic E-state index is -0.117. The van der Waals surface area contributed by atoms with Crippen molar-refractivity contribution in [3.63, 3.8) is 0 Å². The number of benzene rings is 1. The molecule has 1 aliphatic rings. The van der Waals surface area contributed by atoms with E-state index in [1.165, 1.54) is 0 Å². The molecule has 5 rings (SSSR count). The van der Waals surface area contributed by atoms with Crippen molar-refractivity contribution in [1.82, 2.24) is 19.5 Å². The van der Waals surface area contributed by atoms with Gasteiger partial charge in [0.2, 0.25) is 5.95 Å². The molecule has 9 nitrogen and oxygen atoms in total. The van der Waals surface area contributed by atoms with Crippen LogP contribution in [0, 0.1) is 0 Å². The van der Waals surface area contributed by atoms with Crippen molar-refractivity contribution in [2.75, 3.05) is 42.3 Å². The van der Waals surface area contributed by atoms with Crippen LogP contribution >= 0.6 is 0 Å². The fraction of sp³-hybridized carbons (Fsp3) is 0.379. The summed E-state index contributed by atoms with van der Waals surface area (Å²) in [5, 5.41) is 3.91. The van der Waals surface area contributed by atoms with Crippen molar-refractivity contribution in [2.45, 2.75) is 41.5 Å². The topological polar surface area (TPSA) is 111 Å². The van der Waals surface area contributed by atoms with Crippen molar-refractivity contribution in [3.05, 3.63) is 65.2 Å². The van der Waals surface area contributed by atoms with Crippen molar-refractivity contribution < 1.29 is 4.74 Å². The summed E-state index contributed by atoms with van der Waals surface area (Å²) in [6.45, 7) is 14.8. The molecule has 1 fully saturated rings. The molecule has 38 heavy (non-hydrogen) atoms. The van der Waals surface area contributed by atoms with Crippen LogP contribution in [0.15, 0.2) is 59.7 Å². The van der Waals surface area contributed by atoms with Crippen LogP contribution in [-0.2, 0) is 11.8 Å². The van der Waals surface area contributed by atoms with Crippen LogP contribution in [0.1, 0.15) is 41.5 Å². The second-order valence-corrected chi connectivity index (χ2v) is 7.62. The molecule has 0 bridgehead atoms. The maximum atomic E-state index is 12.9. The normalized spacial score (nSPS) is 12.2. The van der Waals surface area contributed by atoms with Gasteiger partial charge in [0.15, 0.2) is 5.82 Å². The maximum absolute atomic E-state index is 12.9. The van der Waals surface area contributed by atoms with Gasteiger partial charge in [-0.3, -0.25) is 9.36 Å². The Morgan fingerprint density at radius 1 is 0.921 bits per heavy atom. The first-order valence-electron chi connectivity index (χ1n) is 13.4. The molecule has 9 heteroatoms. The number of morpholine rings is 1. The van der Waals surface area contributed by atoms with Gasteiger partial charge < -0.3 is 20.7 Å². The summed E-state index contributed by atoms with van der Waals surface area (Å²) in [5.74, 6) is 1.11. The van der Waals surface area contributed by atoms with Crippen LogP contribution in [0.2, 0.25) is 0 Å². The van der Waals surface area contributed by atoms with Crippen LogP contribution in [0.4, 0.5) is 23.1 Å². The third kappa shape index (κ3) is 7.07. The lowest BCUT2D eigenvalue weighted by atomic mass is 10.1. The van der Waals surface area contributed by atoms with Gasteiger partial charge >= 0.3 is 0 Å². The molecule has 0 unspecified atom stereocenters. The standard InChI is InChI=1S/C23H23N7O2.3C2H6/c1-29-20-16(11-18(22(29)31)15-5-3-2-4-6-15)13-26-23(28-20)27-17-12-19(24)21(25-14-17)30-7-9-32-10-8-30;3*1-2/h2-6,11-14H,7-10,24H2,1H3,(H,26,27,28);3*1-2H3. The lowest BCUT2D eigenvalue weighted by molar-refractivity contribution is 0.122. The van der Waals surface area contributed by atoms with Crippen molar-refractivity contribution in [1.29, 1.82) is 0 Å². The van der Waals surface area contributed by atoms with Crippen molar-refractivity contribution in [3.8, 4) is 11.1 Å². The molecule has 1 aliphatic heterocycles. The highest BCUT2D eigenvalue weighted by molar-refractivity contribution is 5.82. The highest BCUT2D eigenvalue weighted by atomic mass is 16.5. The van der Waals surface area contributed by atoms with E-state index in [2.05, 4.69) is 25.2 Å². The largest absolute Gasteiger partial charge is 0.396 e. The van der Waals surface area contributed by atoms with E-state index in [9.17, 15) is 4.79 Å². The zero-order chi connectivity index (χ0) is 28.1. The molecule has 4 aromatic rings. The summed E-state index contributed by atoms with van der Waals surface area (Å²) in [6, 6.07) is 13.2. The maximum Gasteiger partial charge on any atom is 0.259 e. The quantitative estimate of drug-likeness (QED) is 0.357. The fourth-order valence-electron chi connectivity index (χ4n) is 3.84. The predicted octanol–water partition coefficient (Wildman–Crippen LogP) is 5.63. The number of hydrogen-bond donors (Lipinski definition) is 2. The van der Waals surface area contributed by atoms with Crippen molar-refractivity contribution in [2.24, 2.45) is 7.05 Å². The van der Waals surface area contributed by atoms with E-state index < -0.39 is 0 Å². The van der Waals surface area contributed by atoms with Crippen molar-refractivity contribution >= 4 is 34.2 Å². The molecule has 0 amide bonds. The Labute approximate surface area is 225 Å². The Balaban J connectivity index is 0.000000791. The summed E-state index contributed by atoms with van der Waals surface area (Å²) >= 11 is 0. The molecule has 3 N–H and O–H groups in total. The number of aryl methyl sites for hydroxylation is 1. The lowest BCUT2D eigenvalue weighted by Gasteiger charge is -2.28. The van der Waals surface area contributed by atoms with Gasteiger partial charge in [-0.2, -0.15) is 4.98 Å². The molecule has 4 heterocycles. The molecule has 0 spiro atoms. The highest BCUT2D eigenvalue weighted by Gasteiger charge is 2.16. The number of nitrogens with two attached hydrogens (primary N) is 1. The molecule has 3 aromatic heterocycles. The number of nitrogens with one attached hydrogen (secondary N) is 1. The molecule has 204 valence electrons. The molecule has 1 saturated heterocycles. The second-order valence-electron chi connectivity index (χ2n) is 7.62. The van der Waals surface area contributed by atoms with Gasteiger partial charge in [0, 0.05) is 37.3 Å². The van der Waals surface area contributed by atoms with E-state index in [4.69, 9.17) is 10.5 Å². The average molecular weight is 520 g/mol. The third-order valence-electron chi connectivity index (χ3n) is 5.50. The molecular weight excluding hydrogens is 478 g/mol. The SMILES string of the molecule is CC.CC.CC.Cn1c(=O)c(-c2ccccc2)cc2cnc(Nc3cnc(N4CCOCC4)c(N)c3)nc21. The van der Waals surface area contributed by atoms with Crippen LogP contribution < -0.4 is 21.5 Å². The molecular formula is C29H41N7O2. The number of hydrogen-bond acceptors (Lipinski definition) is 8. The van der Waals surface area contributed by atoms with Crippen LogP contribution in [0.25, 0.3) is 22.2 Å². The highest BCUT2D eigenvalue weighted by Crippen LogP contribution is 2.26. The van der Waals surface area contributed by atoms with Crippen LogP contribution in [-0.4, -0.2) is 45.8 Å². The Morgan fingerprint density at radius 2 is 1.58 bits per heavy atom. The number of anilines is 4. The Morgan fingerprint density at radius 3 is 2.21 bits per heavy atom. The van der Waals surface area contributed by atoms with Crippen LogP contribution in [0.5, 0.6) is 0 Å². The molecule has 0 radical (unpaired) electrons. The summed E-state index contributed by atoms with van der Waals surface area (Å²) in [7, 11) is 1.71. The average Bonchev–Trinajstić information content (AvgIpc) is 2.99. The number of pyridine rings is 2. The van der Waals surface area contributed by atoms with E-state index >= 15 is 0 Å². The first-order chi connectivity index (χ1) is 18.6.